The second kappa shape index (κ2) is 7.78. The van der Waals surface area contributed by atoms with Gasteiger partial charge in [0.15, 0.2) is 11.5 Å². The number of carbonyl (C=O) groups is 1. The predicted molar refractivity (Wildman–Crippen MR) is 70.9 cm³/mol. The highest BCUT2D eigenvalue weighted by Crippen LogP contribution is 2.30. The predicted octanol–water partition coefficient (Wildman–Crippen LogP) is 2.10. The first-order valence-corrected chi connectivity index (χ1v) is 5.87. The van der Waals surface area contributed by atoms with Gasteiger partial charge >= 0.3 is 5.97 Å². The number of methoxy groups -OCH3 is 1. The molecule has 0 N–H and O–H groups in total. The second-order valence-corrected chi connectivity index (χ2v) is 3.56. The van der Waals surface area contributed by atoms with Crippen LogP contribution in [0.25, 0.3) is 0 Å². The first-order chi connectivity index (χ1) is 9.58. The van der Waals surface area contributed by atoms with Crippen molar-refractivity contribution in [2.45, 2.75) is 6.92 Å². The summed E-state index contributed by atoms with van der Waals surface area (Å²) in [5, 5.41) is 10.7. The van der Waals surface area contributed by atoms with Crippen LogP contribution in [0.5, 0.6) is 11.5 Å². The fraction of sp³-hybridized carbons (Fsp3) is 0.308. The third kappa shape index (κ3) is 4.60. The molecule has 0 aliphatic carbocycles. The van der Waals surface area contributed by atoms with Gasteiger partial charge in [-0.2, -0.15) is 0 Å². The van der Waals surface area contributed by atoms with E-state index in [1.165, 1.54) is 37.5 Å². The van der Waals surface area contributed by atoms with Crippen LogP contribution in [0, 0.1) is 10.1 Å². The Bertz CT molecular complexity index is 512. The molecule has 0 amide bonds. The van der Waals surface area contributed by atoms with E-state index in [1.54, 1.807) is 6.92 Å². The minimum Gasteiger partial charge on any atom is -0.493 e. The molecular weight excluding hydrogens is 266 g/mol. The molecule has 0 heterocycles. The number of non-ortho nitro benzene ring substituents is 1. The van der Waals surface area contributed by atoms with Gasteiger partial charge in [0.2, 0.25) is 0 Å². The van der Waals surface area contributed by atoms with E-state index in [0.29, 0.717) is 12.4 Å². The maximum atomic E-state index is 11.0. The average Bonchev–Trinajstić information content (AvgIpc) is 2.43. The molecule has 0 aromatic heterocycles. The monoisotopic (exact) mass is 281 g/mol. The highest BCUT2D eigenvalue weighted by atomic mass is 16.6. The molecule has 7 heteroatoms. The van der Waals surface area contributed by atoms with E-state index in [1.807, 2.05) is 0 Å². The maximum Gasteiger partial charge on any atom is 0.330 e. The molecule has 0 bridgehead atoms. The van der Waals surface area contributed by atoms with Crippen LogP contribution in [0.4, 0.5) is 5.69 Å². The number of rotatable bonds is 7. The number of nitro benzene ring substituents is 1. The molecule has 7 nitrogen and oxygen atoms in total. The fourth-order valence-electron chi connectivity index (χ4n) is 1.36. The zero-order valence-corrected chi connectivity index (χ0v) is 11.2. The number of ether oxygens (including phenoxy) is 3. The number of carbonyl (C=O) groups excluding carboxylic acids is 1. The molecule has 20 heavy (non-hydrogen) atoms. The largest absolute Gasteiger partial charge is 0.493 e. The summed E-state index contributed by atoms with van der Waals surface area (Å²) in [6.45, 7) is 2.06. The number of nitro groups is 1. The van der Waals surface area contributed by atoms with Crippen molar-refractivity contribution in [3.8, 4) is 11.5 Å². The van der Waals surface area contributed by atoms with E-state index < -0.39 is 10.9 Å². The van der Waals surface area contributed by atoms with Gasteiger partial charge in [0.05, 0.1) is 24.7 Å². The van der Waals surface area contributed by atoms with Crippen LogP contribution in [0.3, 0.4) is 0 Å². The average molecular weight is 281 g/mol. The summed E-state index contributed by atoms with van der Waals surface area (Å²) in [4.78, 5) is 21.2. The summed E-state index contributed by atoms with van der Waals surface area (Å²) in [6.07, 6.45) is 2.68. The Balaban J connectivity index is 2.68. The summed E-state index contributed by atoms with van der Waals surface area (Å²) in [7, 11) is 1.43. The number of esters is 1. The normalized spacial score (nSPS) is 10.3. The van der Waals surface area contributed by atoms with E-state index in [9.17, 15) is 14.9 Å². The molecule has 0 saturated carbocycles. The Hall–Kier alpha value is -2.57. The third-order valence-electron chi connectivity index (χ3n) is 2.23. The summed E-state index contributed by atoms with van der Waals surface area (Å²) in [5.74, 6) is 0.137. The van der Waals surface area contributed by atoms with Crippen LogP contribution < -0.4 is 9.47 Å². The molecule has 0 radical (unpaired) electrons. The highest BCUT2D eigenvalue weighted by Gasteiger charge is 2.11. The first kappa shape index (κ1) is 15.5. The molecule has 1 aromatic rings. The highest BCUT2D eigenvalue weighted by molar-refractivity contribution is 5.81. The Morgan fingerprint density at radius 2 is 2.15 bits per heavy atom. The molecule has 0 aliphatic heterocycles. The lowest BCUT2D eigenvalue weighted by molar-refractivity contribution is -0.385. The zero-order chi connectivity index (χ0) is 15.0. The number of hydrogen-bond acceptors (Lipinski definition) is 6. The molecule has 1 aromatic carbocycles. The molecule has 0 spiro atoms. The van der Waals surface area contributed by atoms with Crippen molar-refractivity contribution in [2.75, 3.05) is 20.3 Å². The van der Waals surface area contributed by atoms with Gasteiger partial charge in [-0.05, 0) is 19.1 Å². The van der Waals surface area contributed by atoms with E-state index >= 15 is 0 Å². The van der Waals surface area contributed by atoms with Crippen LogP contribution in [-0.2, 0) is 9.53 Å². The molecule has 0 unspecified atom stereocenters. The molecule has 1 rings (SSSR count). The Labute approximate surface area is 115 Å². The number of nitrogens with zero attached hydrogens (tertiary/aromatic N) is 1. The smallest absolute Gasteiger partial charge is 0.330 e. The lowest BCUT2D eigenvalue weighted by Crippen LogP contribution is -2.01. The molecule has 108 valence electrons. The van der Waals surface area contributed by atoms with Crippen LogP contribution in [0.1, 0.15) is 6.92 Å². The van der Waals surface area contributed by atoms with Gasteiger partial charge in [0.1, 0.15) is 6.61 Å². The van der Waals surface area contributed by atoms with E-state index in [-0.39, 0.29) is 18.0 Å². The molecule has 0 saturated heterocycles. The zero-order valence-electron chi connectivity index (χ0n) is 11.2. The summed E-state index contributed by atoms with van der Waals surface area (Å²) >= 11 is 0. The van der Waals surface area contributed by atoms with Crippen LogP contribution >= 0.6 is 0 Å². The van der Waals surface area contributed by atoms with Crippen molar-refractivity contribution in [1.29, 1.82) is 0 Å². The lowest BCUT2D eigenvalue weighted by atomic mass is 10.3. The summed E-state index contributed by atoms with van der Waals surface area (Å²) in [5.41, 5.74) is -0.102. The second-order valence-electron chi connectivity index (χ2n) is 3.56. The van der Waals surface area contributed by atoms with Gasteiger partial charge < -0.3 is 14.2 Å². The Morgan fingerprint density at radius 3 is 2.75 bits per heavy atom. The van der Waals surface area contributed by atoms with Gasteiger partial charge in [-0.3, -0.25) is 10.1 Å². The van der Waals surface area contributed by atoms with Gasteiger partial charge in [-0.1, -0.05) is 0 Å². The molecular formula is C13H15NO6. The van der Waals surface area contributed by atoms with Crippen LogP contribution in [0.15, 0.2) is 30.4 Å². The minimum atomic E-state index is -0.527. The van der Waals surface area contributed by atoms with Gasteiger partial charge in [0.25, 0.3) is 5.69 Å². The van der Waals surface area contributed by atoms with E-state index in [0.717, 1.165) is 0 Å². The number of hydrogen-bond donors (Lipinski definition) is 0. The first-order valence-electron chi connectivity index (χ1n) is 5.87. The quantitative estimate of drug-likeness (QED) is 0.329. The van der Waals surface area contributed by atoms with E-state index in [2.05, 4.69) is 0 Å². The van der Waals surface area contributed by atoms with E-state index in [4.69, 9.17) is 14.2 Å². The minimum absolute atomic E-state index is 0.0658. The Kier molecular flexibility index (Phi) is 6.02. The molecule has 0 atom stereocenters. The van der Waals surface area contributed by atoms with Crippen molar-refractivity contribution in [3.63, 3.8) is 0 Å². The van der Waals surface area contributed by atoms with Gasteiger partial charge in [0, 0.05) is 12.1 Å². The van der Waals surface area contributed by atoms with Crippen molar-refractivity contribution in [3.05, 3.63) is 40.5 Å². The summed E-state index contributed by atoms with van der Waals surface area (Å²) < 4.78 is 15.1. The molecule has 0 fully saturated rings. The van der Waals surface area contributed by atoms with Crippen molar-refractivity contribution in [1.82, 2.24) is 0 Å². The van der Waals surface area contributed by atoms with Crippen molar-refractivity contribution < 1.29 is 23.9 Å². The fourth-order valence-corrected chi connectivity index (χ4v) is 1.36. The molecule has 0 aliphatic rings. The SMILES string of the molecule is CCOC(=O)/C=C/COc1cc([N+](=O)[O-])ccc1OC. The summed E-state index contributed by atoms with van der Waals surface area (Å²) in [6, 6.07) is 4.03. The maximum absolute atomic E-state index is 11.0. The topological polar surface area (TPSA) is 87.9 Å². The lowest BCUT2D eigenvalue weighted by Gasteiger charge is -2.08. The van der Waals surface area contributed by atoms with Crippen molar-refractivity contribution >= 4 is 11.7 Å². The standard InChI is InChI=1S/C13H15NO6/c1-3-19-13(15)5-4-8-20-12-9-10(14(16)17)6-7-11(12)18-2/h4-7,9H,3,8H2,1-2H3/b5-4+. The van der Waals surface area contributed by atoms with Crippen LogP contribution in [0.2, 0.25) is 0 Å². The Morgan fingerprint density at radius 1 is 1.40 bits per heavy atom. The van der Waals surface area contributed by atoms with Gasteiger partial charge in [-0.25, -0.2) is 4.79 Å². The third-order valence-corrected chi connectivity index (χ3v) is 2.23. The van der Waals surface area contributed by atoms with Crippen LogP contribution in [-0.4, -0.2) is 31.2 Å². The number of benzene rings is 1. The van der Waals surface area contributed by atoms with Crippen molar-refractivity contribution in [2.24, 2.45) is 0 Å². The van der Waals surface area contributed by atoms with Gasteiger partial charge in [-0.15, -0.1) is 0 Å².